The summed E-state index contributed by atoms with van der Waals surface area (Å²) in [6.45, 7) is 2.38. The van der Waals surface area contributed by atoms with Crippen LogP contribution in [-0.4, -0.2) is 24.3 Å². The molecule has 2 N–H and O–H groups in total. The van der Waals surface area contributed by atoms with E-state index in [2.05, 4.69) is 10.9 Å². The molecule has 0 fully saturated rings. The fourth-order valence-corrected chi connectivity index (χ4v) is 2.44. The van der Waals surface area contributed by atoms with Gasteiger partial charge in [0.1, 0.15) is 0 Å². The van der Waals surface area contributed by atoms with Crippen molar-refractivity contribution in [2.75, 3.05) is 11.4 Å². The summed E-state index contributed by atoms with van der Waals surface area (Å²) in [7, 11) is 0. The van der Waals surface area contributed by atoms with Crippen molar-refractivity contribution in [3.8, 4) is 0 Å². The molecule has 1 heterocycles. The Bertz CT molecular complexity index is 572. The Morgan fingerprint density at radius 1 is 1.09 bits per heavy atom. The van der Waals surface area contributed by atoms with Gasteiger partial charge in [0.15, 0.2) is 0 Å². The number of amides is 3. The first-order valence-corrected chi connectivity index (χ1v) is 7.57. The van der Waals surface area contributed by atoms with E-state index in [0.29, 0.717) is 13.0 Å². The van der Waals surface area contributed by atoms with Crippen LogP contribution in [0.1, 0.15) is 38.2 Å². The number of nitrogens with zero attached hydrogens (tertiary/aromatic N) is 1. The predicted molar refractivity (Wildman–Crippen MR) is 82.9 cm³/mol. The molecule has 0 radical (unpaired) electrons. The Morgan fingerprint density at radius 2 is 1.82 bits per heavy atom. The van der Waals surface area contributed by atoms with Gasteiger partial charge < -0.3 is 4.90 Å². The first-order chi connectivity index (χ1) is 10.6. The Kier molecular flexibility index (Phi) is 5.52. The molecular weight excluding hydrogens is 282 g/mol. The summed E-state index contributed by atoms with van der Waals surface area (Å²) in [5.41, 5.74) is 6.70. The van der Waals surface area contributed by atoms with Gasteiger partial charge in [0, 0.05) is 31.5 Å². The lowest BCUT2D eigenvalue weighted by atomic mass is 10.0. The molecule has 0 aromatic heterocycles. The highest BCUT2D eigenvalue weighted by molar-refractivity contribution is 5.96. The van der Waals surface area contributed by atoms with Crippen molar-refractivity contribution in [2.24, 2.45) is 0 Å². The van der Waals surface area contributed by atoms with Crippen LogP contribution in [0.25, 0.3) is 0 Å². The lowest BCUT2D eigenvalue weighted by Gasteiger charge is -2.29. The van der Waals surface area contributed by atoms with Crippen LogP contribution in [0.4, 0.5) is 5.69 Å². The van der Waals surface area contributed by atoms with Crippen molar-refractivity contribution in [3.63, 3.8) is 0 Å². The van der Waals surface area contributed by atoms with E-state index >= 15 is 0 Å². The third kappa shape index (κ3) is 4.07. The Morgan fingerprint density at radius 3 is 2.59 bits per heavy atom. The maximum atomic E-state index is 12.3. The van der Waals surface area contributed by atoms with Crippen LogP contribution in [-0.2, 0) is 20.8 Å². The third-order valence-electron chi connectivity index (χ3n) is 3.64. The van der Waals surface area contributed by atoms with Crippen LogP contribution in [0.5, 0.6) is 0 Å². The van der Waals surface area contributed by atoms with E-state index in [0.717, 1.165) is 18.5 Å². The second kappa shape index (κ2) is 7.59. The van der Waals surface area contributed by atoms with Gasteiger partial charge in [-0.25, -0.2) is 0 Å². The fraction of sp³-hybridized carbons (Fsp3) is 0.438. The summed E-state index contributed by atoms with van der Waals surface area (Å²) in [5, 5.41) is 0. The second-order valence-corrected chi connectivity index (χ2v) is 5.23. The molecule has 3 amide bonds. The van der Waals surface area contributed by atoms with Gasteiger partial charge in [-0.05, 0) is 24.5 Å². The first-order valence-electron chi connectivity index (χ1n) is 7.57. The summed E-state index contributed by atoms with van der Waals surface area (Å²) in [6, 6.07) is 7.85. The molecule has 22 heavy (non-hydrogen) atoms. The average Bonchev–Trinajstić information content (AvgIpc) is 2.56. The lowest BCUT2D eigenvalue weighted by Crippen LogP contribution is -2.42. The summed E-state index contributed by atoms with van der Waals surface area (Å²) in [4.78, 5) is 36.7. The number of fused-ring (bicyclic) bond motifs is 1. The number of hydrogen-bond acceptors (Lipinski definition) is 3. The van der Waals surface area contributed by atoms with E-state index < -0.39 is 0 Å². The summed E-state index contributed by atoms with van der Waals surface area (Å²) < 4.78 is 0. The molecule has 0 saturated carbocycles. The van der Waals surface area contributed by atoms with Gasteiger partial charge in [-0.2, -0.15) is 0 Å². The zero-order valence-corrected chi connectivity index (χ0v) is 12.7. The van der Waals surface area contributed by atoms with E-state index in [1.165, 1.54) is 5.56 Å². The molecule has 0 bridgehead atoms. The topological polar surface area (TPSA) is 78.5 Å². The van der Waals surface area contributed by atoms with E-state index in [1.54, 1.807) is 11.8 Å². The molecule has 1 aliphatic heterocycles. The van der Waals surface area contributed by atoms with Gasteiger partial charge in [-0.1, -0.05) is 25.1 Å². The number of nitrogens with one attached hydrogen (secondary N) is 2. The van der Waals surface area contributed by atoms with Crippen LogP contribution in [0.2, 0.25) is 0 Å². The number of hydrogen-bond donors (Lipinski definition) is 2. The number of benzene rings is 1. The molecule has 1 aromatic carbocycles. The van der Waals surface area contributed by atoms with Gasteiger partial charge in [0.25, 0.3) is 0 Å². The van der Waals surface area contributed by atoms with Gasteiger partial charge in [0.2, 0.25) is 17.7 Å². The highest BCUT2D eigenvalue weighted by Gasteiger charge is 2.22. The Hall–Kier alpha value is -2.37. The second-order valence-electron chi connectivity index (χ2n) is 5.23. The lowest BCUT2D eigenvalue weighted by molar-refractivity contribution is -0.129. The quantitative estimate of drug-likeness (QED) is 0.823. The van der Waals surface area contributed by atoms with Gasteiger partial charge in [0.05, 0.1) is 0 Å². The minimum absolute atomic E-state index is 0.0570. The molecule has 0 unspecified atom stereocenters. The molecule has 0 aliphatic carbocycles. The van der Waals surface area contributed by atoms with E-state index in [4.69, 9.17) is 0 Å². The number of carbonyl (C=O) groups excluding carboxylic acids is 3. The third-order valence-corrected chi connectivity index (χ3v) is 3.64. The molecule has 6 heteroatoms. The molecule has 6 nitrogen and oxygen atoms in total. The van der Waals surface area contributed by atoms with Crippen molar-refractivity contribution in [1.82, 2.24) is 10.9 Å². The van der Waals surface area contributed by atoms with Crippen LogP contribution < -0.4 is 15.8 Å². The molecule has 1 aliphatic rings. The van der Waals surface area contributed by atoms with Crippen molar-refractivity contribution >= 4 is 23.4 Å². The Balaban J connectivity index is 1.86. The minimum Gasteiger partial charge on any atom is -0.312 e. The number of para-hydroxylation sites is 1. The van der Waals surface area contributed by atoms with Crippen molar-refractivity contribution < 1.29 is 14.4 Å². The molecule has 2 rings (SSSR count). The van der Waals surface area contributed by atoms with Crippen molar-refractivity contribution in [2.45, 2.75) is 39.0 Å². The first kappa shape index (κ1) is 16.0. The fourth-order valence-electron chi connectivity index (χ4n) is 2.44. The molecule has 0 atom stereocenters. The van der Waals surface area contributed by atoms with Gasteiger partial charge >= 0.3 is 0 Å². The maximum Gasteiger partial charge on any atom is 0.238 e. The van der Waals surface area contributed by atoms with E-state index in [9.17, 15) is 14.4 Å². The number of rotatable bonds is 4. The maximum absolute atomic E-state index is 12.3. The standard InChI is InChI=1S/C16H21N3O3/c1-2-14(20)17-18-15(21)9-10-16(22)19-11-5-7-12-6-3-4-8-13(12)19/h3-4,6,8H,2,5,7,9-11H2,1H3,(H,17,20)(H,18,21). The average molecular weight is 303 g/mol. The van der Waals surface area contributed by atoms with Gasteiger partial charge in [-0.15, -0.1) is 0 Å². The van der Waals surface area contributed by atoms with Crippen LogP contribution >= 0.6 is 0 Å². The van der Waals surface area contributed by atoms with Gasteiger partial charge in [-0.3, -0.25) is 25.2 Å². The Labute approximate surface area is 129 Å². The number of anilines is 1. The molecule has 0 saturated heterocycles. The summed E-state index contributed by atoms with van der Waals surface area (Å²) >= 11 is 0. The van der Waals surface area contributed by atoms with Crippen LogP contribution in [0, 0.1) is 0 Å². The summed E-state index contributed by atoms with van der Waals surface area (Å²) in [5.74, 6) is -0.686. The van der Waals surface area contributed by atoms with E-state index in [-0.39, 0.29) is 30.6 Å². The predicted octanol–water partition coefficient (Wildman–Crippen LogP) is 1.30. The monoisotopic (exact) mass is 303 g/mol. The highest BCUT2D eigenvalue weighted by atomic mass is 16.2. The zero-order chi connectivity index (χ0) is 15.9. The minimum atomic E-state index is -0.361. The molecule has 118 valence electrons. The molecule has 1 aromatic rings. The zero-order valence-electron chi connectivity index (χ0n) is 12.7. The number of carbonyl (C=O) groups is 3. The van der Waals surface area contributed by atoms with Crippen molar-refractivity contribution in [3.05, 3.63) is 29.8 Å². The van der Waals surface area contributed by atoms with Crippen LogP contribution in [0.3, 0.4) is 0 Å². The smallest absolute Gasteiger partial charge is 0.238 e. The SMILES string of the molecule is CCC(=O)NNC(=O)CCC(=O)N1CCCc2ccccc21. The highest BCUT2D eigenvalue weighted by Crippen LogP contribution is 2.27. The van der Waals surface area contributed by atoms with Crippen molar-refractivity contribution in [1.29, 1.82) is 0 Å². The van der Waals surface area contributed by atoms with Crippen LogP contribution in [0.15, 0.2) is 24.3 Å². The number of aryl methyl sites for hydroxylation is 1. The normalized spacial score (nSPS) is 13.2. The number of hydrazine groups is 1. The molecular formula is C16H21N3O3. The molecule has 0 spiro atoms. The largest absolute Gasteiger partial charge is 0.312 e. The summed E-state index contributed by atoms with van der Waals surface area (Å²) in [6.07, 6.45) is 2.39. The van der Waals surface area contributed by atoms with E-state index in [1.807, 2.05) is 24.3 Å².